The second kappa shape index (κ2) is 29.4. The predicted octanol–water partition coefficient (Wildman–Crippen LogP) is 9.24. The van der Waals surface area contributed by atoms with Crippen molar-refractivity contribution in [3.8, 4) is 0 Å². The number of hydrogen-bond acceptors (Lipinski definition) is 5. The molecule has 3 N–H and O–H groups in total. The number of likely N-dealkylation sites (N-methyl/N-ethyl adjacent to an activating group) is 1. The minimum atomic E-state index is -4.30. The molecule has 0 aromatic carbocycles. The number of nitrogens with zero attached hydrogens (tertiary/aromatic N) is 1. The van der Waals surface area contributed by atoms with Gasteiger partial charge in [-0.3, -0.25) is 13.8 Å². The van der Waals surface area contributed by atoms with E-state index >= 15 is 0 Å². The summed E-state index contributed by atoms with van der Waals surface area (Å²) in [5, 5.41) is 13.8. The molecule has 0 bridgehead atoms. The van der Waals surface area contributed by atoms with Crippen LogP contribution in [0.1, 0.15) is 162 Å². The molecule has 0 aliphatic carbocycles. The highest BCUT2D eigenvalue weighted by Crippen LogP contribution is 2.43. The van der Waals surface area contributed by atoms with E-state index in [0.717, 1.165) is 51.4 Å². The van der Waals surface area contributed by atoms with Crippen LogP contribution < -0.4 is 5.32 Å². The van der Waals surface area contributed by atoms with Crippen LogP contribution in [0.4, 0.5) is 0 Å². The molecule has 0 aliphatic heterocycles. The number of aliphatic hydroxyl groups is 1. The molecule has 268 valence electrons. The number of amides is 1. The molecule has 0 rings (SSSR count). The summed E-state index contributed by atoms with van der Waals surface area (Å²) in [5.41, 5.74) is 0. The van der Waals surface area contributed by atoms with Gasteiger partial charge in [0.15, 0.2) is 0 Å². The Kier molecular flexibility index (Phi) is 28.9. The number of allylic oxidation sites excluding steroid dienone is 2. The molecule has 3 atom stereocenters. The largest absolute Gasteiger partial charge is 0.472 e. The molecule has 0 fully saturated rings. The summed E-state index contributed by atoms with van der Waals surface area (Å²) >= 11 is 0. The second-order valence-electron chi connectivity index (χ2n) is 14.0. The van der Waals surface area contributed by atoms with Crippen LogP contribution >= 0.6 is 7.82 Å². The molecule has 0 radical (unpaired) electrons. The Morgan fingerprint density at radius 3 is 1.73 bits per heavy atom. The van der Waals surface area contributed by atoms with Crippen molar-refractivity contribution < 1.29 is 32.9 Å². The fourth-order valence-electron chi connectivity index (χ4n) is 5.21. The number of carbonyl (C=O) groups is 1. The van der Waals surface area contributed by atoms with Crippen molar-refractivity contribution in [2.45, 2.75) is 174 Å². The van der Waals surface area contributed by atoms with Gasteiger partial charge in [0.1, 0.15) is 13.2 Å². The monoisotopic (exact) mass is 662 g/mol. The summed E-state index contributed by atoms with van der Waals surface area (Å²) in [6.07, 6.45) is 29.4. The third-order valence-electron chi connectivity index (χ3n) is 8.26. The zero-order chi connectivity index (χ0) is 33.7. The van der Waals surface area contributed by atoms with Gasteiger partial charge < -0.3 is 19.8 Å². The normalized spacial score (nSPS) is 14.9. The Morgan fingerprint density at radius 1 is 0.733 bits per heavy atom. The van der Waals surface area contributed by atoms with Crippen molar-refractivity contribution in [1.82, 2.24) is 5.32 Å². The molecule has 0 saturated carbocycles. The van der Waals surface area contributed by atoms with Crippen LogP contribution in [0.5, 0.6) is 0 Å². The van der Waals surface area contributed by atoms with Crippen molar-refractivity contribution in [3.05, 3.63) is 12.2 Å². The van der Waals surface area contributed by atoms with Gasteiger partial charge in [0, 0.05) is 6.42 Å². The zero-order valence-corrected chi connectivity index (χ0v) is 31.0. The Labute approximate surface area is 278 Å². The highest BCUT2D eigenvalue weighted by atomic mass is 31.2. The highest BCUT2D eigenvalue weighted by molar-refractivity contribution is 7.47. The van der Waals surface area contributed by atoms with Gasteiger partial charge in [0.05, 0.1) is 39.9 Å². The Bertz CT molecular complexity index is 758. The van der Waals surface area contributed by atoms with Gasteiger partial charge in [-0.1, -0.05) is 129 Å². The maximum Gasteiger partial charge on any atom is 0.472 e. The average molecular weight is 662 g/mol. The quantitative estimate of drug-likeness (QED) is 0.0280. The van der Waals surface area contributed by atoms with Crippen molar-refractivity contribution in [2.24, 2.45) is 0 Å². The fourth-order valence-corrected chi connectivity index (χ4v) is 5.95. The number of quaternary nitrogens is 1. The van der Waals surface area contributed by atoms with Gasteiger partial charge in [0.25, 0.3) is 0 Å². The zero-order valence-electron chi connectivity index (χ0n) is 30.1. The van der Waals surface area contributed by atoms with E-state index in [1.165, 1.54) is 83.5 Å². The van der Waals surface area contributed by atoms with Crippen LogP contribution in [-0.2, 0) is 18.4 Å². The number of unbranched alkanes of at least 4 members (excludes halogenated alkanes) is 18. The van der Waals surface area contributed by atoms with Crippen LogP contribution in [0, 0.1) is 0 Å². The van der Waals surface area contributed by atoms with Crippen molar-refractivity contribution >= 4 is 13.7 Å². The summed E-state index contributed by atoms with van der Waals surface area (Å²) < 4.78 is 23.4. The topological polar surface area (TPSA) is 105 Å². The van der Waals surface area contributed by atoms with Crippen LogP contribution in [-0.4, -0.2) is 73.4 Å². The molecule has 0 aromatic heterocycles. The first-order chi connectivity index (χ1) is 21.5. The minimum absolute atomic E-state index is 0.0742. The summed E-state index contributed by atoms with van der Waals surface area (Å²) in [7, 11) is 1.61. The van der Waals surface area contributed by atoms with Crippen LogP contribution in [0.3, 0.4) is 0 Å². The number of rotatable bonds is 33. The minimum Gasteiger partial charge on any atom is -0.391 e. The average Bonchev–Trinajstić information content (AvgIpc) is 2.97. The molecular formula is C36H74N2O6P+. The number of phosphoric ester groups is 1. The first kappa shape index (κ1) is 44.2. The lowest BCUT2D eigenvalue weighted by Gasteiger charge is -2.26. The molecule has 9 heteroatoms. The summed E-state index contributed by atoms with van der Waals surface area (Å²) in [6, 6.07) is -0.757. The van der Waals surface area contributed by atoms with Crippen LogP contribution in [0.25, 0.3) is 0 Å². The molecule has 45 heavy (non-hydrogen) atoms. The first-order valence-corrected chi connectivity index (χ1v) is 20.0. The van der Waals surface area contributed by atoms with E-state index in [0.29, 0.717) is 23.9 Å². The van der Waals surface area contributed by atoms with Gasteiger partial charge in [0.2, 0.25) is 5.91 Å². The molecule has 0 aromatic rings. The van der Waals surface area contributed by atoms with Crippen molar-refractivity contribution in [3.63, 3.8) is 0 Å². The molecule has 0 spiro atoms. The molecule has 0 aliphatic rings. The van der Waals surface area contributed by atoms with E-state index in [1.54, 1.807) is 0 Å². The van der Waals surface area contributed by atoms with Gasteiger partial charge in [-0.25, -0.2) is 4.57 Å². The Balaban J connectivity index is 4.49. The predicted molar refractivity (Wildman–Crippen MR) is 189 cm³/mol. The Hall–Kier alpha value is -0.760. The standard InChI is InChI=1S/C36H73N2O6P/c1-6-8-10-12-14-16-18-19-20-22-24-26-28-30-36(40)37-34(33-44-45(41,42)43-32-31-38(3,4)5)35(39)29-27-25-23-21-17-15-13-11-9-7-2/h16,18,34-35,39H,6-15,17,19-33H2,1-5H3,(H-,37,40,41,42)/p+1/b18-16-. The smallest absolute Gasteiger partial charge is 0.391 e. The lowest BCUT2D eigenvalue weighted by Crippen LogP contribution is -2.46. The van der Waals surface area contributed by atoms with Crippen molar-refractivity contribution in [2.75, 3.05) is 40.9 Å². The van der Waals surface area contributed by atoms with E-state index < -0.39 is 20.0 Å². The molecule has 0 saturated heterocycles. The Morgan fingerprint density at radius 2 is 1.20 bits per heavy atom. The second-order valence-corrected chi connectivity index (χ2v) is 15.4. The van der Waals surface area contributed by atoms with E-state index in [2.05, 4.69) is 31.3 Å². The lowest BCUT2D eigenvalue weighted by atomic mass is 10.0. The maximum atomic E-state index is 12.8. The number of phosphoric acid groups is 1. The third kappa shape index (κ3) is 31.6. The lowest BCUT2D eigenvalue weighted by molar-refractivity contribution is -0.870. The number of nitrogens with one attached hydrogen (secondary N) is 1. The van der Waals surface area contributed by atoms with Crippen LogP contribution in [0.2, 0.25) is 0 Å². The highest BCUT2D eigenvalue weighted by Gasteiger charge is 2.28. The number of carbonyl (C=O) groups excluding carboxylic acids is 1. The van der Waals surface area contributed by atoms with Gasteiger partial charge in [-0.2, -0.15) is 0 Å². The van der Waals surface area contributed by atoms with Gasteiger partial charge in [-0.15, -0.1) is 0 Å². The molecule has 3 unspecified atom stereocenters. The molecular weight excluding hydrogens is 587 g/mol. The third-order valence-corrected chi connectivity index (χ3v) is 9.25. The molecule has 1 amide bonds. The van der Waals surface area contributed by atoms with Gasteiger partial charge in [-0.05, 0) is 38.5 Å². The molecule has 0 heterocycles. The first-order valence-electron chi connectivity index (χ1n) is 18.6. The number of aliphatic hydroxyl groups excluding tert-OH is 1. The van der Waals surface area contributed by atoms with E-state index in [4.69, 9.17) is 9.05 Å². The fraction of sp³-hybridized carbons (Fsp3) is 0.917. The molecule has 8 nitrogen and oxygen atoms in total. The summed E-state index contributed by atoms with van der Waals surface area (Å²) in [6.45, 7) is 4.83. The van der Waals surface area contributed by atoms with Crippen LogP contribution in [0.15, 0.2) is 12.2 Å². The summed E-state index contributed by atoms with van der Waals surface area (Å²) in [5.74, 6) is -0.157. The van der Waals surface area contributed by atoms with Gasteiger partial charge >= 0.3 is 7.82 Å². The van der Waals surface area contributed by atoms with Crippen molar-refractivity contribution in [1.29, 1.82) is 0 Å². The van der Waals surface area contributed by atoms with E-state index in [9.17, 15) is 19.4 Å². The maximum absolute atomic E-state index is 12.8. The number of hydrogen-bond donors (Lipinski definition) is 3. The SMILES string of the molecule is CCCCCC/C=C\CCCCCCCC(=O)NC(COP(=O)(O)OCC[N+](C)(C)C)C(O)CCCCCCCCCCCC. The van der Waals surface area contributed by atoms with E-state index in [1.807, 2.05) is 21.1 Å². The van der Waals surface area contributed by atoms with E-state index in [-0.39, 0.29) is 19.1 Å². The summed E-state index contributed by atoms with van der Waals surface area (Å²) in [4.78, 5) is 22.9.